The second kappa shape index (κ2) is 8.26. The van der Waals surface area contributed by atoms with Crippen molar-refractivity contribution in [3.05, 3.63) is 42.0 Å². The van der Waals surface area contributed by atoms with Crippen molar-refractivity contribution in [2.45, 2.75) is 26.1 Å². The smallest absolute Gasteiger partial charge is 0.124 e. The molecule has 0 saturated heterocycles. The van der Waals surface area contributed by atoms with E-state index in [1.165, 1.54) is 5.39 Å². The van der Waals surface area contributed by atoms with Crippen LogP contribution in [0.15, 0.2) is 36.4 Å². The highest BCUT2D eigenvalue weighted by Gasteiger charge is 2.07. The van der Waals surface area contributed by atoms with E-state index in [9.17, 15) is 0 Å². The molecule has 2 rings (SSSR count). The van der Waals surface area contributed by atoms with Crippen molar-refractivity contribution in [3.8, 4) is 5.75 Å². The fraction of sp³-hybridized carbons (Fsp3) is 0.444. The van der Waals surface area contributed by atoms with Gasteiger partial charge in [0.15, 0.2) is 0 Å². The molecule has 2 aromatic rings. The highest BCUT2D eigenvalue weighted by atomic mass is 35.5. The lowest BCUT2D eigenvalue weighted by molar-refractivity contribution is 0.0924. The highest BCUT2D eigenvalue weighted by Crippen LogP contribution is 2.29. The lowest BCUT2D eigenvalue weighted by Gasteiger charge is -2.13. The van der Waals surface area contributed by atoms with Gasteiger partial charge in [0.2, 0.25) is 0 Å². The Balaban J connectivity index is 1.93. The molecule has 0 heterocycles. The third-order valence-electron chi connectivity index (χ3n) is 3.46. The van der Waals surface area contributed by atoms with Gasteiger partial charge in [-0.3, -0.25) is 0 Å². The number of halogens is 1. The standard InChI is InChI=1S/C18H23ClO2/c1-14(2)9-10-20-11-12-21-18-8-7-15-5-3-4-6-16(15)17(18)13-19/h3-8,14H,9-13H2,1-2H3. The maximum Gasteiger partial charge on any atom is 0.124 e. The summed E-state index contributed by atoms with van der Waals surface area (Å²) in [6.07, 6.45) is 1.09. The van der Waals surface area contributed by atoms with Crippen molar-refractivity contribution in [3.63, 3.8) is 0 Å². The zero-order valence-electron chi connectivity index (χ0n) is 12.8. The fourth-order valence-electron chi connectivity index (χ4n) is 2.22. The molecule has 0 radical (unpaired) electrons. The summed E-state index contributed by atoms with van der Waals surface area (Å²) >= 11 is 6.10. The van der Waals surface area contributed by atoms with E-state index < -0.39 is 0 Å². The van der Waals surface area contributed by atoms with Crippen LogP contribution >= 0.6 is 11.6 Å². The molecule has 0 bridgehead atoms. The molecule has 114 valence electrons. The summed E-state index contributed by atoms with van der Waals surface area (Å²) in [5, 5.41) is 2.35. The monoisotopic (exact) mass is 306 g/mol. The third kappa shape index (κ3) is 4.62. The molecule has 21 heavy (non-hydrogen) atoms. The lowest BCUT2D eigenvalue weighted by atomic mass is 10.0. The van der Waals surface area contributed by atoms with Crippen LogP contribution in [0.4, 0.5) is 0 Å². The van der Waals surface area contributed by atoms with Crippen molar-refractivity contribution < 1.29 is 9.47 Å². The van der Waals surface area contributed by atoms with Crippen LogP contribution in [0.2, 0.25) is 0 Å². The zero-order valence-corrected chi connectivity index (χ0v) is 13.5. The first-order valence-electron chi connectivity index (χ1n) is 7.49. The van der Waals surface area contributed by atoms with E-state index in [1.54, 1.807) is 0 Å². The van der Waals surface area contributed by atoms with Gasteiger partial charge in [-0.2, -0.15) is 0 Å². The maximum absolute atomic E-state index is 6.10. The first-order chi connectivity index (χ1) is 10.2. The van der Waals surface area contributed by atoms with Gasteiger partial charge < -0.3 is 9.47 Å². The lowest BCUT2D eigenvalue weighted by Crippen LogP contribution is -2.09. The van der Waals surface area contributed by atoms with Crippen LogP contribution in [0.3, 0.4) is 0 Å². The predicted molar refractivity (Wildman–Crippen MR) is 89.3 cm³/mol. The summed E-state index contributed by atoms with van der Waals surface area (Å²) in [7, 11) is 0. The quantitative estimate of drug-likeness (QED) is 0.503. The first-order valence-corrected chi connectivity index (χ1v) is 8.03. The molecule has 2 nitrogen and oxygen atoms in total. The number of ether oxygens (including phenoxy) is 2. The molecular formula is C18H23ClO2. The molecule has 0 amide bonds. The Hall–Kier alpha value is -1.25. The van der Waals surface area contributed by atoms with Gasteiger partial charge in [0.25, 0.3) is 0 Å². The van der Waals surface area contributed by atoms with Crippen molar-refractivity contribution in [1.82, 2.24) is 0 Å². The summed E-state index contributed by atoms with van der Waals surface area (Å²) < 4.78 is 11.4. The molecule has 0 aliphatic rings. The molecule has 0 N–H and O–H groups in total. The Labute approximate surface area is 132 Å². The fourth-order valence-corrected chi connectivity index (χ4v) is 2.50. The number of benzene rings is 2. The number of hydrogen-bond acceptors (Lipinski definition) is 2. The van der Waals surface area contributed by atoms with Crippen LogP contribution in [0.1, 0.15) is 25.8 Å². The van der Waals surface area contributed by atoms with E-state index in [0.29, 0.717) is 25.0 Å². The molecule has 0 aliphatic carbocycles. The van der Waals surface area contributed by atoms with Crippen LogP contribution in [-0.2, 0) is 10.6 Å². The summed E-state index contributed by atoms with van der Waals surface area (Å²) in [4.78, 5) is 0. The summed E-state index contributed by atoms with van der Waals surface area (Å²) in [5.74, 6) is 1.98. The SMILES string of the molecule is CC(C)CCOCCOc1ccc2ccccc2c1CCl. The summed E-state index contributed by atoms with van der Waals surface area (Å²) in [6, 6.07) is 12.3. The van der Waals surface area contributed by atoms with Gasteiger partial charge in [-0.25, -0.2) is 0 Å². The van der Waals surface area contributed by atoms with Gasteiger partial charge in [-0.1, -0.05) is 44.2 Å². The minimum atomic E-state index is 0.449. The molecule has 0 unspecified atom stereocenters. The zero-order chi connectivity index (χ0) is 15.1. The predicted octanol–water partition coefficient (Wildman–Crippen LogP) is 5.02. The van der Waals surface area contributed by atoms with Crippen molar-refractivity contribution in [2.24, 2.45) is 5.92 Å². The second-order valence-electron chi connectivity index (χ2n) is 5.54. The Morgan fingerprint density at radius 2 is 1.81 bits per heavy atom. The largest absolute Gasteiger partial charge is 0.491 e. The van der Waals surface area contributed by atoms with E-state index in [2.05, 4.69) is 32.0 Å². The minimum absolute atomic E-state index is 0.449. The number of hydrogen-bond donors (Lipinski definition) is 0. The molecule has 0 saturated carbocycles. The number of alkyl halides is 1. The van der Waals surface area contributed by atoms with Crippen LogP contribution < -0.4 is 4.74 Å². The van der Waals surface area contributed by atoms with Crippen LogP contribution in [-0.4, -0.2) is 19.8 Å². The summed E-state index contributed by atoms with van der Waals surface area (Å²) in [6.45, 7) is 6.35. The maximum atomic E-state index is 6.10. The molecular weight excluding hydrogens is 284 g/mol. The molecule has 0 spiro atoms. The van der Waals surface area contributed by atoms with Gasteiger partial charge in [0, 0.05) is 12.2 Å². The average molecular weight is 307 g/mol. The van der Waals surface area contributed by atoms with Gasteiger partial charge >= 0.3 is 0 Å². The normalized spacial score (nSPS) is 11.2. The number of rotatable bonds is 8. The van der Waals surface area contributed by atoms with E-state index in [1.807, 2.05) is 18.2 Å². The topological polar surface area (TPSA) is 18.5 Å². The first kappa shape index (κ1) is 16.1. The summed E-state index contributed by atoms with van der Waals surface area (Å²) in [5.41, 5.74) is 1.05. The van der Waals surface area contributed by atoms with Crippen LogP contribution in [0, 0.1) is 5.92 Å². The molecule has 3 heteroatoms. The van der Waals surface area contributed by atoms with Crippen LogP contribution in [0.5, 0.6) is 5.75 Å². The number of fused-ring (bicyclic) bond motifs is 1. The van der Waals surface area contributed by atoms with E-state index in [4.69, 9.17) is 21.1 Å². The Morgan fingerprint density at radius 3 is 2.57 bits per heavy atom. The molecule has 0 atom stereocenters. The average Bonchev–Trinajstić information content (AvgIpc) is 2.50. The third-order valence-corrected chi connectivity index (χ3v) is 3.72. The van der Waals surface area contributed by atoms with Crippen molar-refractivity contribution in [2.75, 3.05) is 19.8 Å². The molecule has 0 aliphatic heterocycles. The van der Waals surface area contributed by atoms with Crippen molar-refractivity contribution in [1.29, 1.82) is 0 Å². The Kier molecular flexibility index (Phi) is 6.34. The van der Waals surface area contributed by atoms with Gasteiger partial charge in [0.05, 0.1) is 12.5 Å². The minimum Gasteiger partial charge on any atom is -0.491 e. The van der Waals surface area contributed by atoms with E-state index >= 15 is 0 Å². The molecule has 0 fully saturated rings. The van der Waals surface area contributed by atoms with Crippen molar-refractivity contribution >= 4 is 22.4 Å². The van der Waals surface area contributed by atoms with Gasteiger partial charge in [0.1, 0.15) is 12.4 Å². The van der Waals surface area contributed by atoms with E-state index in [0.717, 1.165) is 29.7 Å². The van der Waals surface area contributed by atoms with E-state index in [-0.39, 0.29) is 0 Å². The second-order valence-corrected chi connectivity index (χ2v) is 5.81. The molecule has 2 aromatic carbocycles. The molecule has 0 aromatic heterocycles. The Morgan fingerprint density at radius 1 is 1.00 bits per heavy atom. The Bertz CT molecular complexity index is 566. The van der Waals surface area contributed by atoms with Gasteiger partial charge in [-0.05, 0) is 29.2 Å². The van der Waals surface area contributed by atoms with Gasteiger partial charge in [-0.15, -0.1) is 11.6 Å². The highest BCUT2D eigenvalue weighted by molar-refractivity contribution is 6.18. The van der Waals surface area contributed by atoms with Crippen LogP contribution in [0.25, 0.3) is 10.8 Å².